The van der Waals surface area contributed by atoms with E-state index in [0.717, 1.165) is 11.3 Å². The molecule has 0 unspecified atom stereocenters. The van der Waals surface area contributed by atoms with Gasteiger partial charge in [0.15, 0.2) is 5.96 Å². The molecule has 6 nitrogen and oxygen atoms in total. The Labute approximate surface area is 181 Å². The molecular formula is C20H35IN4O2. The lowest BCUT2D eigenvalue weighted by molar-refractivity contribution is -0.128. The van der Waals surface area contributed by atoms with Crippen LogP contribution in [0.2, 0.25) is 0 Å². The molecule has 0 radical (unpaired) electrons. The summed E-state index contributed by atoms with van der Waals surface area (Å²) in [5, 5.41) is 9.38. The first-order valence-electron chi connectivity index (χ1n) is 9.02. The average molecular weight is 490 g/mol. The molecule has 0 aliphatic heterocycles. The van der Waals surface area contributed by atoms with Crippen LogP contribution in [0.4, 0.5) is 0 Å². The van der Waals surface area contributed by atoms with Crippen molar-refractivity contribution in [1.82, 2.24) is 16.0 Å². The maximum Gasteiger partial charge on any atom is 0.225 e. The molecular weight excluding hydrogens is 455 g/mol. The van der Waals surface area contributed by atoms with Crippen molar-refractivity contribution < 1.29 is 9.53 Å². The van der Waals surface area contributed by atoms with Crippen molar-refractivity contribution in [3.8, 4) is 5.75 Å². The van der Waals surface area contributed by atoms with Crippen molar-refractivity contribution in [2.24, 2.45) is 10.4 Å². The number of nitrogens with zero attached hydrogens (tertiary/aromatic N) is 1. The molecule has 3 N–H and O–H groups in total. The van der Waals surface area contributed by atoms with Crippen LogP contribution in [-0.2, 0) is 11.3 Å². The maximum absolute atomic E-state index is 11.8. The third-order valence-corrected chi connectivity index (χ3v) is 3.44. The van der Waals surface area contributed by atoms with E-state index in [1.54, 1.807) is 7.05 Å². The van der Waals surface area contributed by atoms with Gasteiger partial charge in [0.25, 0.3) is 0 Å². The minimum atomic E-state index is -0.378. The first kappa shape index (κ1) is 25.5. The number of hydrogen-bond acceptors (Lipinski definition) is 3. The van der Waals surface area contributed by atoms with E-state index in [2.05, 4.69) is 20.9 Å². The molecule has 0 bridgehead atoms. The van der Waals surface area contributed by atoms with Gasteiger partial charge >= 0.3 is 0 Å². The third kappa shape index (κ3) is 10.4. The first-order chi connectivity index (χ1) is 12.0. The molecule has 7 heteroatoms. The number of halogens is 1. The number of carbonyl (C=O) groups is 1. The number of aliphatic imine (C=N–C) groups is 1. The molecule has 0 saturated carbocycles. The molecule has 0 aliphatic rings. The van der Waals surface area contributed by atoms with Crippen molar-refractivity contribution in [1.29, 1.82) is 0 Å². The van der Waals surface area contributed by atoms with Crippen molar-refractivity contribution in [2.45, 2.75) is 53.7 Å². The highest BCUT2D eigenvalue weighted by molar-refractivity contribution is 14.0. The van der Waals surface area contributed by atoms with E-state index in [9.17, 15) is 4.79 Å². The Morgan fingerprint density at radius 3 is 2.15 bits per heavy atom. The Bertz CT molecular complexity index is 619. The molecule has 154 valence electrons. The molecule has 1 aromatic carbocycles. The van der Waals surface area contributed by atoms with Crippen LogP contribution in [-0.4, -0.2) is 37.6 Å². The number of nitrogens with one attached hydrogen (secondary N) is 3. The summed E-state index contributed by atoms with van der Waals surface area (Å²) < 4.78 is 6.01. The van der Waals surface area contributed by atoms with E-state index < -0.39 is 0 Å². The SMILES string of the molecule is CN=C(NCCNC(=O)C(C)(C)C)NCc1ccccc1OC(C)(C)C.I. The molecule has 0 saturated heterocycles. The fourth-order valence-corrected chi connectivity index (χ4v) is 2.10. The minimum Gasteiger partial charge on any atom is -0.488 e. The number of guanidine groups is 1. The quantitative estimate of drug-likeness (QED) is 0.248. The largest absolute Gasteiger partial charge is 0.488 e. The Balaban J connectivity index is 0.00000676. The zero-order chi connectivity index (χ0) is 19.8. The standard InChI is InChI=1S/C20H34N4O2.HI/c1-19(2,3)17(25)22-12-13-23-18(21-7)24-14-15-10-8-9-11-16(15)26-20(4,5)6;/h8-11H,12-14H2,1-7H3,(H,22,25)(H2,21,23,24);1H. The number of hydrogen-bond donors (Lipinski definition) is 3. The predicted molar refractivity (Wildman–Crippen MR) is 123 cm³/mol. The Kier molecular flexibility index (Phi) is 10.7. The van der Waals surface area contributed by atoms with E-state index in [4.69, 9.17) is 4.74 Å². The van der Waals surface area contributed by atoms with Gasteiger partial charge < -0.3 is 20.7 Å². The number of rotatable bonds is 6. The fraction of sp³-hybridized carbons (Fsp3) is 0.600. The summed E-state index contributed by atoms with van der Waals surface area (Å²) in [6.07, 6.45) is 0. The number of amides is 1. The summed E-state index contributed by atoms with van der Waals surface area (Å²) in [4.78, 5) is 16.1. The Hall–Kier alpha value is -1.51. The van der Waals surface area contributed by atoms with Crippen LogP contribution < -0.4 is 20.7 Å². The summed E-state index contributed by atoms with van der Waals surface area (Å²) >= 11 is 0. The number of carbonyl (C=O) groups excluding carboxylic acids is 1. The molecule has 27 heavy (non-hydrogen) atoms. The van der Waals surface area contributed by atoms with Gasteiger partial charge in [-0.05, 0) is 26.8 Å². The molecule has 0 aromatic heterocycles. The van der Waals surface area contributed by atoms with Crippen LogP contribution >= 0.6 is 24.0 Å². The smallest absolute Gasteiger partial charge is 0.225 e. The highest BCUT2D eigenvalue weighted by Gasteiger charge is 2.20. The van der Waals surface area contributed by atoms with Crippen molar-refractivity contribution in [2.75, 3.05) is 20.1 Å². The van der Waals surface area contributed by atoms with Crippen LogP contribution in [0.5, 0.6) is 5.75 Å². The lowest BCUT2D eigenvalue weighted by Gasteiger charge is -2.23. The second-order valence-electron chi connectivity index (χ2n) is 8.18. The van der Waals surface area contributed by atoms with Gasteiger partial charge in [-0.2, -0.15) is 0 Å². The molecule has 0 heterocycles. The molecule has 1 rings (SSSR count). The summed E-state index contributed by atoms with van der Waals surface area (Å²) in [5.41, 5.74) is 0.434. The third-order valence-electron chi connectivity index (χ3n) is 3.44. The van der Waals surface area contributed by atoms with Gasteiger partial charge in [0.05, 0.1) is 0 Å². The van der Waals surface area contributed by atoms with Crippen molar-refractivity contribution >= 4 is 35.8 Å². The van der Waals surface area contributed by atoms with Gasteiger partial charge in [-0.15, -0.1) is 24.0 Å². The van der Waals surface area contributed by atoms with E-state index in [-0.39, 0.29) is 40.9 Å². The van der Waals surface area contributed by atoms with E-state index >= 15 is 0 Å². The monoisotopic (exact) mass is 490 g/mol. The van der Waals surface area contributed by atoms with Crippen LogP contribution in [0.25, 0.3) is 0 Å². The van der Waals surface area contributed by atoms with Crippen LogP contribution in [0.15, 0.2) is 29.3 Å². The molecule has 0 spiro atoms. The average Bonchev–Trinajstić information content (AvgIpc) is 2.53. The van der Waals surface area contributed by atoms with Crippen molar-refractivity contribution in [3.05, 3.63) is 29.8 Å². The highest BCUT2D eigenvalue weighted by atomic mass is 127. The lowest BCUT2D eigenvalue weighted by Crippen LogP contribution is -2.43. The van der Waals surface area contributed by atoms with Gasteiger partial charge in [-0.25, -0.2) is 0 Å². The highest BCUT2D eigenvalue weighted by Crippen LogP contribution is 2.22. The predicted octanol–water partition coefficient (Wildman–Crippen LogP) is 3.31. The van der Waals surface area contributed by atoms with Gasteiger partial charge in [0.1, 0.15) is 11.4 Å². The number of benzene rings is 1. The van der Waals surface area contributed by atoms with E-state index in [0.29, 0.717) is 25.6 Å². The summed E-state index contributed by atoms with van der Waals surface area (Å²) in [5.74, 6) is 1.58. The fourth-order valence-electron chi connectivity index (χ4n) is 2.10. The van der Waals surface area contributed by atoms with Crippen LogP contribution in [0, 0.1) is 5.41 Å². The van der Waals surface area contributed by atoms with Gasteiger partial charge in [-0.3, -0.25) is 9.79 Å². The Morgan fingerprint density at radius 1 is 1.00 bits per heavy atom. The van der Waals surface area contributed by atoms with Gasteiger partial charge in [0, 0.05) is 37.7 Å². The zero-order valence-corrected chi connectivity index (χ0v) is 19.9. The molecule has 0 atom stereocenters. The first-order valence-corrected chi connectivity index (χ1v) is 9.02. The second kappa shape index (κ2) is 11.4. The summed E-state index contributed by atoms with van der Waals surface area (Å²) in [6, 6.07) is 7.96. The van der Waals surface area contributed by atoms with Crippen molar-refractivity contribution in [3.63, 3.8) is 0 Å². The van der Waals surface area contributed by atoms with E-state index in [1.165, 1.54) is 0 Å². The molecule has 1 aromatic rings. The maximum atomic E-state index is 11.8. The topological polar surface area (TPSA) is 74.8 Å². The second-order valence-corrected chi connectivity index (χ2v) is 8.18. The Morgan fingerprint density at radius 2 is 1.59 bits per heavy atom. The molecule has 0 fully saturated rings. The lowest BCUT2D eigenvalue weighted by atomic mass is 9.96. The summed E-state index contributed by atoms with van der Waals surface area (Å²) in [7, 11) is 1.72. The number of ether oxygens (including phenoxy) is 1. The molecule has 1 amide bonds. The zero-order valence-electron chi connectivity index (χ0n) is 17.6. The number of para-hydroxylation sites is 1. The van der Waals surface area contributed by atoms with Gasteiger partial charge in [-0.1, -0.05) is 39.0 Å². The van der Waals surface area contributed by atoms with E-state index in [1.807, 2.05) is 65.8 Å². The van der Waals surface area contributed by atoms with Crippen LogP contribution in [0.1, 0.15) is 47.1 Å². The van der Waals surface area contributed by atoms with Gasteiger partial charge in [0.2, 0.25) is 5.91 Å². The minimum absolute atomic E-state index is 0. The summed E-state index contributed by atoms with van der Waals surface area (Å²) in [6.45, 7) is 13.5. The normalized spacial score (nSPS) is 12.0. The van der Waals surface area contributed by atoms with Crippen LogP contribution in [0.3, 0.4) is 0 Å². The molecule has 0 aliphatic carbocycles.